The van der Waals surface area contributed by atoms with Crippen molar-refractivity contribution in [1.82, 2.24) is 0 Å². The number of rotatable bonds is 5. The van der Waals surface area contributed by atoms with E-state index >= 15 is 0 Å². The molecule has 2 aromatic rings. The summed E-state index contributed by atoms with van der Waals surface area (Å²) < 4.78 is 0. The largest absolute Gasteiger partial charge is 0.512 e. The molecule has 0 unspecified atom stereocenters. The van der Waals surface area contributed by atoms with E-state index in [-0.39, 0.29) is 5.91 Å². The Bertz CT molecular complexity index is 804. The van der Waals surface area contributed by atoms with Crippen molar-refractivity contribution < 1.29 is 15.6 Å². The molecular formula is C20H24N3O2+. The Kier molecular flexibility index (Phi) is 5.05. The summed E-state index contributed by atoms with van der Waals surface area (Å²) in [5.74, 6) is 0.349. The smallest absolute Gasteiger partial charge is 0.255 e. The Hall–Kier alpha value is -2.79. The predicted molar refractivity (Wildman–Crippen MR) is 99.6 cm³/mol. The summed E-state index contributed by atoms with van der Waals surface area (Å²) in [5, 5.41) is 12.8. The van der Waals surface area contributed by atoms with Crippen molar-refractivity contribution in [3.05, 3.63) is 64.9 Å². The van der Waals surface area contributed by atoms with Crippen LogP contribution in [0, 0.1) is 0 Å². The zero-order valence-electron chi connectivity index (χ0n) is 14.2. The number of aryl methyl sites for hydroxylation is 1. The van der Waals surface area contributed by atoms with Gasteiger partial charge in [-0.15, -0.1) is 0 Å². The van der Waals surface area contributed by atoms with Crippen LogP contribution in [0.1, 0.15) is 41.6 Å². The van der Waals surface area contributed by atoms with Crippen LogP contribution in [0.25, 0.3) is 0 Å². The number of carbonyl (C=O) groups excluding carboxylic acids is 1. The van der Waals surface area contributed by atoms with Gasteiger partial charge >= 0.3 is 0 Å². The third-order valence-electron chi connectivity index (χ3n) is 4.64. The van der Waals surface area contributed by atoms with Crippen LogP contribution in [0.4, 0.5) is 17.1 Å². The number of hydrogen-bond acceptors (Lipinski definition) is 3. The van der Waals surface area contributed by atoms with E-state index in [0.29, 0.717) is 29.1 Å². The normalized spacial score (nSPS) is 13.2. The van der Waals surface area contributed by atoms with Gasteiger partial charge in [0.05, 0.1) is 11.4 Å². The zero-order valence-corrected chi connectivity index (χ0v) is 14.2. The first kappa shape index (κ1) is 17.0. The lowest BCUT2D eigenvalue weighted by Gasteiger charge is -2.18. The Morgan fingerprint density at radius 1 is 1.16 bits per heavy atom. The summed E-state index contributed by atoms with van der Waals surface area (Å²) >= 11 is 0. The van der Waals surface area contributed by atoms with Crippen LogP contribution in [0.2, 0.25) is 0 Å². The second-order valence-corrected chi connectivity index (χ2v) is 6.47. The molecule has 1 amide bonds. The molecule has 5 heteroatoms. The van der Waals surface area contributed by atoms with Crippen molar-refractivity contribution in [1.29, 1.82) is 0 Å². The third kappa shape index (κ3) is 4.19. The molecule has 1 saturated carbocycles. The Labute approximate surface area is 147 Å². The van der Waals surface area contributed by atoms with Gasteiger partial charge in [0.25, 0.3) is 5.91 Å². The van der Waals surface area contributed by atoms with Gasteiger partial charge in [0.15, 0.2) is 5.69 Å². The number of nitrogens with one attached hydrogen (secondary N) is 1. The van der Waals surface area contributed by atoms with Gasteiger partial charge in [-0.3, -0.25) is 4.79 Å². The molecule has 25 heavy (non-hydrogen) atoms. The number of benzene rings is 2. The minimum absolute atomic E-state index is 0.202. The number of amides is 1. The molecular weight excluding hydrogens is 314 g/mol. The predicted octanol–water partition coefficient (Wildman–Crippen LogP) is 3.32. The molecule has 0 aliphatic heterocycles. The van der Waals surface area contributed by atoms with Gasteiger partial charge in [0.1, 0.15) is 0 Å². The molecule has 1 aliphatic carbocycles. The topological polar surface area (TPSA) is 103 Å². The lowest BCUT2D eigenvalue weighted by atomic mass is 9.90. The van der Waals surface area contributed by atoms with E-state index in [9.17, 15) is 9.90 Å². The Morgan fingerprint density at radius 2 is 1.88 bits per heavy atom. The summed E-state index contributed by atoms with van der Waals surface area (Å²) in [7, 11) is 0. The lowest BCUT2D eigenvalue weighted by molar-refractivity contribution is -0.253. The number of aliphatic hydroxyl groups excluding tert-OH is 1. The fraction of sp³-hybridized carbons (Fsp3) is 0.250. The third-order valence-corrected chi connectivity index (χ3v) is 4.64. The average Bonchev–Trinajstić information content (AvgIpc) is 2.55. The Morgan fingerprint density at radius 3 is 2.48 bits per heavy atom. The number of quaternary nitrogens is 1. The molecule has 0 atom stereocenters. The minimum atomic E-state index is -0.202. The first-order chi connectivity index (χ1) is 12.0. The van der Waals surface area contributed by atoms with Gasteiger partial charge in [0, 0.05) is 23.7 Å². The fourth-order valence-electron chi connectivity index (χ4n) is 2.78. The quantitative estimate of drug-likeness (QED) is 0.496. The van der Waals surface area contributed by atoms with Gasteiger partial charge in [-0.2, -0.15) is 0 Å². The summed E-state index contributed by atoms with van der Waals surface area (Å²) in [6.07, 6.45) is 4.74. The maximum absolute atomic E-state index is 12.3. The maximum atomic E-state index is 12.3. The fourth-order valence-corrected chi connectivity index (χ4v) is 2.78. The number of anilines is 2. The van der Waals surface area contributed by atoms with E-state index in [2.05, 4.69) is 11.1 Å². The molecule has 1 fully saturated rings. The van der Waals surface area contributed by atoms with Crippen LogP contribution in [0.3, 0.4) is 0 Å². The van der Waals surface area contributed by atoms with Gasteiger partial charge in [0.2, 0.25) is 0 Å². The molecule has 7 N–H and O–H groups in total. The molecule has 0 heterocycles. The highest BCUT2D eigenvalue weighted by atomic mass is 16.3. The van der Waals surface area contributed by atoms with E-state index in [1.165, 1.54) is 12.0 Å². The van der Waals surface area contributed by atoms with E-state index in [0.717, 1.165) is 30.5 Å². The average molecular weight is 338 g/mol. The number of nitrogens with two attached hydrogens (primary N) is 1. The molecule has 5 nitrogen and oxygen atoms in total. The van der Waals surface area contributed by atoms with Crippen molar-refractivity contribution in [3.63, 3.8) is 0 Å². The second-order valence-electron chi connectivity index (χ2n) is 6.47. The van der Waals surface area contributed by atoms with Gasteiger partial charge < -0.3 is 21.9 Å². The summed E-state index contributed by atoms with van der Waals surface area (Å²) in [5.41, 5.74) is 14.4. The number of allylic oxidation sites excluding steroid dienone is 2. The number of hydrogen-bond donors (Lipinski definition) is 4. The molecule has 0 saturated heterocycles. The number of carbonyl (C=O) groups is 1. The molecule has 0 aromatic heterocycles. The molecule has 0 spiro atoms. The monoisotopic (exact) mass is 338 g/mol. The molecule has 0 bridgehead atoms. The molecule has 3 rings (SSSR count). The maximum Gasteiger partial charge on any atom is 0.255 e. The summed E-state index contributed by atoms with van der Waals surface area (Å²) in [6, 6.07) is 12.8. The molecule has 130 valence electrons. The minimum Gasteiger partial charge on any atom is -0.512 e. The van der Waals surface area contributed by atoms with Crippen molar-refractivity contribution in [2.24, 2.45) is 0 Å². The van der Waals surface area contributed by atoms with Gasteiger partial charge in [-0.05, 0) is 61.1 Å². The molecule has 1 aliphatic rings. The van der Waals surface area contributed by atoms with Crippen LogP contribution in [0.15, 0.2) is 53.8 Å². The lowest BCUT2D eigenvalue weighted by Crippen LogP contribution is -2.41. The van der Waals surface area contributed by atoms with Crippen molar-refractivity contribution in [2.45, 2.75) is 32.1 Å². The van der Waals surface area contributed by atoms with Crippen molar-refractivity contribution in [3.8, 4) is 0 Å². The second kappa shape index (κ2) is 7.40. The highest BCUT2D eigenvalue weighted by Crippen LogP contribution is 2.29. The number of nitrogen functional groups attached to an aromatic ring is 1. The standard InChI is InChI=1S/C20H23N3O2/c21-17-10-7-15(12-18(17)22)20(25)23-16-8-4-13(5-9-16)6-11-19(24)14-2-1-3-14/h4-5,7-10,12,24H,1-3,6,11,21-22H2,(H,23,25)/p+1. The molecule has 0 radical (unpaired) electrons. The van der Waals surface area contributed by atoms with Gasteiger partial charge in [-0.1, -0.05) is 12.1 Å². The van der Waals surface area contributed by atoms with E-state index in [1.807, 2.05) is 24.3 Å². The van der Waals surface area contributed by atoms with Crippen molar-refractivity contribution >= 4 is 23.0 Å². The van der Waals surface area contributed by atoms with Crippen molar-refractivity contribution in [2.75, 3.05) is 11.1 Å². The first-order valence-electron chi connectivity index (χ1n) is 8.54. The summed E-state index contributed by atoms with van der Waals surface area (Å²) in [6.45, 7) is 0. The highest BCUT2D eigenvalue weighted by molar-refractivity contribution is 6.05. The van der Waals surface area contributed by atoms with E-state index in [4.69, 9.17) is 5.73 Å². The zero-order chi connectivity index (χ0) is 17.8. The van der Waals surface area contributed by atoms with Gasteiger partial charge in [-0.25, -0.2) is 0 Å². The highest BCUT2D eigenvalue weighted by Gasteiger charge is 2.14. The first-order valence-corrected chi connectivity index (χ1v) is 8.54. The van der Waals surface area contributed by atoms with Crippen LogP contribution in [-0.2, 0) is 6.42 Å². The SMILES string of the molecule is Nc1cc(C(=O)Nc2ccc(CCC(O)=C3CCC3)cc2)ccc1[NH3+]. The number of aliphatic hydroxyl groups is 1. The van der Waals surface area contributed by atoms with Crippen LogP contribution in [-0.4, -0.2) is 11.0 Å². The van der Waals surface area contributed by atoms with Crippen LogP contribution >= 0.6 is 0 Å². The van der Waals surface area contributed by atoms with E-state index < -0.39 is 0 Å². The Balaban J connectivity index is 1.58. The summed E-state index contributed by atoms with van der Waals surface area (Å²) in [4.78, 5) is 12.3. The van der Waals surface area contributed by atoms with Crippen LogP contribution < -0.4 is 16.8 Å². The van der Waals surface area contributed by atoms with Crippen LogP contribution in [0.5, 0.6) is 0 Å². The van der Waals surface area contributed by atoms with E-state index in [1.54, 1.807) is 18.2 Å². The molecule has 2 aromatic carbocycles.